The number of benzene rings is 1. The number of rotatable bonds is 5. The largest absolute Gasteiger partial charge is 0.312 e. The van der Waals surface area contributed by atoms with Gasteiger partial charge in [0, 0.05) is 44.8 Å². The maximum atomic E-state index is 3.76. The molecule has 1 aromatic rings. The molecule has 3 saturated heterocycles. The van der Waals surface area contributed by atoms with Crippen molar-refractivity contribution in [1.29, 1.82) is 0 Å². The zero-order valence-electron chi connectivity index (χ0n) is 13.7. The maximum absolute atomic E-state index is 3.76. The van der Waals surface area contributed by atoms with Crippen LogP contribution in [0, 0.1) is 13.8 Å². The number of hydrogen-bond acceptors (Lipinski definition) is 3. The quantitative estimate of drug-likeness (QED) is 0.891. The average molecular weight is 287 g/mol. The number of hydrogen-bond donors (Lipinski definition) is 1. The lowest BCUT2D eigenvalue weighted by molar-refractivity contribution is -0.00290. The van der Waals surface area contributed by atoms with Gasteiger partial charge in [0.2, 0.25) is 0 Å². The summed E-state index contributed by atoms with van der Waals surface area (Å²) < 4.78 is 0. The highest BCUT2D eigenvalue weighted by atomic mass is 15.4. The van der Waals surface area contributed by atoms with Crippen LogP contribution in [0.5, 0.6) is 0 Å². The summed E-state index contributed by atoms with van der Waals surface area (Å²) in [5.41, 5.74) is 4.32. The van der Waals surface area contributed by atoms with Gasteiger partial charge in [-0.25, -0.2) is 0 Å². The molecule has 3 nitrogen and oxygen atoms in total. The third kappa shape index (κ3) is 3.31. The molecule has 2 unspecified atom stereocenters. The highest BCUT2D eigenvalue weighted by Crippen LogP contribution is 2.22. The summed E-state index contributed by atoms with van der Waals surface area (Å²) in [6.45, 7) is 14.0. The van der Waals surface area contributed by atoms with Crippen LogP contribution in [0.15, 0.2) is 18.2 Å². The highest BCUT2D eigenvalue weighted by Gasteiger charge is 2.36. The Kier molecular flexibility index (Phi) is 4.63. The van der Waals surface area contributed by atoms with Gasteiger partial charge < -0.3 is 5.32 Å². The van der Waals surface area contributed by atoms with Gasteiger partial charge in [0.1, 0.15) is 0 Å². The first-order valence-electron chi connectivity index (χ1n) is 8.43. The Balaban J connectivity index is 1.76. The zero-order valence-corrected chi connectivity index (χ0v) is 13.7. The van der Waals surface area contributed by atoms with Crippen molar-refractivity contribution in [2.75, 3.05) is 39.3 Å². The Bertz CT molecular complexity index is 477. The molecule has 0 aromatic heterocycles. The molecule has 0 aliphatic carbocycles. The highest BCUT2D eigenvalue weighted by molar-refractivity contribution is 5.31. The lowest BCUT2D eigenvalue weighted by atomic mass is 9.92. The van der Waals surface area contributed by atoms with Crippen LogP contribution in [0.2, 0.25) is 0 Å². The first kappa shape index (κ1) is 15.0. The van der Waals surface area contributed by atoms with Crippen LogP contribution < -0.4 is 5.32 Å². The van der Waals surface area contributed by atoms with E-state index in [4.69, 9.17) is 0 Å². The van der Waals surface area contributed by atoms with Gasteiger partial charge in [-0.2, -0.15) is 0 Å². The second-order valence-electron chi connectivity index (χ2n) is 6.70. The Morgan fingerprint density at radius 1 is 1.19 bits per heavy atom. The predicted octanol–water partition coefficient (Wildman–Crippen LogP) is 1.82. The van der Waals surface area contributed by atoms with E-state index < -0.39 is 0 Å². The van der Waals surface area contributed by atoms with Crippen molar-refractivity contribution in [1.82, 2.24) is 15.1 Å². The molecule has 116 valence electrons. The van der Waals surface area contributed by atoms with Crippen molar-refractivity contribution in [3.8, 4) is 0 Å². The number of likely N-dealkylation sites (N-methyl/N-ethyl adjacent to an activating group) is 1. The molecule has 3 fully saturated rings. The van der Waals surface area contributed by atoms with Crippen LogP contribution >= 0.6 is 0 Å². The van der Waals surface area contributed by atoms with Gasteiger partial charge in [0.25, 0.3) is 0 Å². The fourth-order valence-electron chi connectivity index (χ4n) is 3.90. The first-order valence-corrected chi connectivity index (χ1v) is 8.43. The molecule has 0 saturated carbocycles. The minimum atomic E-state index is 0.568. The summed E-state index contributed by atoms with van der Waals surface area (Å²) in [6.07, 6.45) is 1.15. The van der Waals surface area contributed by atoms with Crippen LogP contribution in [-0.2, 0) is 6.42 Å². The molecule has 4 rings (SSSR count). The third-order valence-corrected chi connectivity index (χ3v) is 5.20. The fraction of sp³-hybridized carbons (Fsp3) is 0.667. The third-order valence-electron chi connectivity index (χ3n) is 5.20. The number of nitrogens with zero attached hydrogens (tertiary/aromatic N) is 2. The molecule has 2 bridgehead atoms. The van der Waals surface area contributed by atoms with Crippen LogP contribution in [0.1, 0.15) is 23.6 Å². The normalized spacial score (nSPS) is 29.6. The lowest BCUT2D eigenvalue weighted by Crippen LogP contribution is -2.66. The number of aryl methyl sites for hydroxylation is 2. The first-order chi connectivity index (χ1) is 10.2. The minimum absolute atomic E-state index is 0.568. The van der Waals surface area contributed by atoms with Crippen LogP contribution in [0.3, 0.4) is 0 Å². The number of piperazine rings is 3. The standard InChI is InChI=1S/C18H29N3/c1-4-19-17(12-16-11-14(2)5-6-15(16)3)18-13-20-7-9-21(18)10-8-20/h5-6,11,17-19H,4,7-10,12-13H2,1-3H3. The summed E-state index contributed by atoms with van der Waals surface area (Å²) >= 11 is 0. The summed E-state index contributed by atoms with van der Waals surface area (Å²) in [5.74, 6) is 0. The summed E-state index contributed by atoms with van der Waals surface area (Å²) in [5, 5.41) is 3.76. The Morgan fingerprint density at radius 2 is 1.95 bits per heavy atom. The monoisotopic (exact) mass is 287 g/mol. The van der Waals surface area contributed by atoms with Gasteiger partial charge in [-0.1, -0.05) is 30.7 Å². The van der Waals surface area contributed by atoms with E-state index in [-0.39, 0.29) is 0 Å². The topological polar surface area (TPSA) is 18.5 Å². The smallest absolute Gasteiger partial charge is 0.0380 e. The van der Waals surface area contributed by atoms with E-state index >= 15 is 0 Å². The van der Waals surface area contributed by atoms with E-state index in [1.807, 2.05) is 0 Å². The molecule has 21 heavy (non-hydrogen) atoms. The average Bonchev–Trinajstić information content (AvgIpc) is 2.51. The van der Waals surface area contributed by atoms with E-state index in [2.05, 4.69) is 54.1 Å². The number of fused-ring (bicyclic) bond motifs is 3. The molecule has 3 aliphatic heterocycles. The second-order valence-corrected chi connectivity index (χ2v) is 6.70. The summed E-state index contributed by atoms with van der Waals surface area (Å²) in [7, 11) is 0. The van der Waals surface area contributed by atoms with Gasteiger partial charge in [0.05, 0.1) is 0 Å². The maximum Gasteiger partial charge on any atom is 0.0380 e. The van der Waals surface area contributed by atoms with Crippen molar-refractivity contribution in [3.05, 3.63) is 34.9 Å². The molecule has 1 aromatic carbocycles. The Hall–Kier alpha value is -0.900. The molecule has 1 N–H and O–H groups in total. The van der Waals surface area contributed by atoms with Gasteiger partial charge in [-0.15, -0.1) is 0 Å². The van der Waals surface area contributed by atoms with E-state index in [9.17, 15) is 0 Å². The molecule has 0 spiro atoms. The Labute approximate surface area is 129 Å². The van der Waals surface area contributed by atoms with Gasteiger partial charge in [-0.05, 0) is 37.9 Å². The van der Waals surface area contributed by atoms with Gasteiger partial charge in [0.15, 0.2) is 0 Å². The molecule has 0 radical (unpaired) electrons. The Morgan fingerprint density at radius 3 is 2.57 bits per heavy atom. The van der Waals surface area contributed by atoms with Crippen LogP contribution in [0.4, 0.5) is 0 Å². The summed E-state index contributed by atoms with van der Waals surface area (Å²) in [6, 6.07) is 8.10. The molecular formula is C18H29N3. The number of nitrogens with one attached hydrogen (secondary N) is 1. The summed E-state index contributed by atoms with van der Waals surface area (Å²) in [4.78, 5) is 5.34. The van der Waals surface area contributed by atoms with Gasteiger partial charge in [-0.3, -0.25) is 9.80 Å². The van der Waals surface area contributed by atoms with E-state index in [1.165, 1.54) is 49.4 Å². The van der Waals surface area contributed by atoms with Crippen molar-refractivity contribution < 1.29 is 0 Å². The molecule has 3 heteroatoms. The predicted molar refractivity (Wildman–Crippen MR) is 88.9 cm³/mol. The van der Waals surface area contributed by atoms with Gasteiger partial charge >= 0.3 is 0 Å². The SMILES string of the molecule is CCNC(Cc1cc(C)ccc1C)C1CN2CCN1CC2. The van der Waals surface area contributed by atoms with Crippen molar-refractivity contribution in [2.24, 2.45) is 0 Å². The van der Waals surface area contributed by atoms with Crippen molar-refractivity contribution in [2.45, 2.75) is 39.3 Å². The van der Waals surface area contributed by atoms with Crippen LogP contribution in [-0.4, -0.2) is 61.2 Å². The van der Waals surface area contributed by atoms with E-state index in [0.717, 1.165) is 13.0 Å². The second kappa shape index (κ2) is 6.47. The molecule has 2 atom stereocenters. The molecular weight excluding hydrogens is 258 g/mol. The lowest BCUT2D eigenvalue weighted by Gasteiger charge is -2.50. The molecule has 0 amide bonds. The zero-order chi connectivity index (χ0) is 14.8. The van der Waals surface area contributed by atoms with Crippen LogP contribution in [0.25, 0.3) is 0 Å². The minimum Gasteiger partial charge on any atom is -0.312 e. The van der Waals surface area contributed by atoms with E-state index in [0.29, 0.717) is 12.1 Å². The van der Waals surface area contributed by atoms with Crippen molar-refractivity contribution >= 4 is 0 Å². The van der Waals surface area contributed by atoms with Crippen molar-refractivity contribution in [3.63, 3.8) is 0 Å². The fourth-order valence-corrected chi connectivity index (χ4v) is 3.90. The molecule has 3 heterocycles. The molecule has 3 aliphatic rings. The van der Waals surface area contributed by atoms with E-state index in [1.54, 1.807) is 0 Å².